The number of aliphatic hydroxyl groups is 1. The highest BCUT2D eigenvalue weighted by Gasteiger charge is 2.24. The van der Waals surface area contributed by atoms with E-state index in [4.69, 9.17) is 24.7 Å². The van der Waals surface area contributed by atoms with Crippen LogP contribution >= 0.6 is 11.6 Å². The fourth-order valence-electron chi connectivity index (χ4n) is 2.74. The topological polar surface area (TPSA) is 120 Å². The SMILES string of the molecule is [B]C(C)(Cn1ccc(-c2ccc(C#N)c(Cl)c2)n1)NC(=O)c1cc(C(C)O)[nH]n1. The van der Waals surface area contributed by atoms with E-state index in [0.29, 0.717) is 22.0 Å². The minimum absolute atomic E-state index is 0.131. The lowest BCUT2D eigenvalue weighted by Crippen LogP contribution is -2.49. The van der Waals surface area contributed by atoms with Crippen molar-refractivity contribution in [2.24, 2.45) is 0 Å². The van der Waals surface area contributed by atoms with Gasteiger partial charge in [0.15, 0.2) is 0 Å². The van der Waals surface area contributed by atoms with Crippen LogP contribution in [-0.4, -0.2) is 44.3 Å². The van der Waals surface area contributed by atoms with Crippen LogP contribution in [0.15, 0.2) is 36.5 Å². The summed E-state index contributed by atoms with van der Waals surface area (Å²) < 4.78 is 1.60. The zero-order valence-electron chi connectivity index (χ0n) is 15.8. The highest BCUT2D eigenvalue weighted by Crippen LogP contribution is 2.24. The van der Waals surface area contributed by atoms with Crippen LogP contribution in [-0.2, 0) is 6.54 Å². The van der Waals surface area contributed by atoms with E-state index in [-0.39, 0.29) is 12.2 Å². The Morgan fingerprint density at radius 3 is 2.86 bits per heavy atom. The van der Waals surface area contributed by atoms with Gasteiger partial charge < -0.3 is 10.4 Å². The largest absolute Gasteiger partial charge is 0.387 e. The van der Waals surface area contributed by atoms with Gasteiger partial charge in [-0.2, -0.15) is 15.5 Å². The second-order valence-electron chi connectivity index (χ2n) is 6.96. The molecule has 146 valence electrons. The maximum absolute atomic E-state index is 12.4. The maximum atomic E-state index is 12.4. The second kappa shape index (κ2) is 8.11. The van der Waals surface area contributed by atoms with Crippen molar-refractivity contribution in [2.75, 3.05) is 0 Å². The van der Waals surface area contributed by atoms with Crippen molar-refractivity contribution >= 4 is 25.4 Å². The molecule has 3 aromatic rings. The van der Waals surface area contributed by atoms with Crippen LogP contribution in [0, 0.1) is 11.3 Å². The van der Waals surface area contributed by atoms with Gasteiger partial charge in [0.25, 0.3) is 5.91 Å². The molecule has 0 saturated carbocycles. The van der Waals surface area contributed by atoms with Gasteiger partial charge in [-0.15, -0.1) is 0 Å². The van der Waals surface area contributed by atoms with Gasteiger partial charge in [0.2, 0.25) is 0 Å². The number of carbonyl (C=O) groups is 1. The van der Waals surface area contributed by atoms with Crippen molar-refractivity contribution in [3.63, 3.8) is 0 Å². The first kappa shape index (κ1) is 20.6. The zero-order chi connectivity index (χ0) is 21.2. The Hall–Kier alpha value is -3.09. The van der Waals surface area contributed by atoms with Crippen molar-refractivity contribution in [3.8, 4) is 17.3 Å². The first-order valence-electron chi connectivity index (χ1n) is 8.77. The van der Waals surface area contributed by atoms with Gasteiger partial charge in [0.05, 0.1) is 34.6 Å². The molecule has 2 aromatic heterocycles. The van der Waals surface area contributed by atoms with Crippen molar-refractivity contribution < 1.29 is 9.90 Å². The molecule has 8 nitrogen and oxygen atoms in total. The highest BCUT2D eigenvalue weighted by atomic mass is 35.5. The summed E-state index contributed by atoms with van der Waals surface area (Å²) in [5, 5.41) is 32.5. The number of rotatable bonds is 6. The molecule has 0 spiro atoms. The number of benzene rings is 1. The highest BCUT2D eigenvalue weighted by molar-refractivity contribution is 6.32. The fourth-order valence-corrected chi connectivity index (χ4v) is 2.96. The second-order valence-corrected chi connectivity index (χ2v) is 7.37. The van der Waals surface area contributed by atoms with E-state index >= 15 is 0 Å². The Balaban J connectivity index is 1.70. The molecule has 3 N–H and O–H groups in total. The molecule has 0 aliphatic heterocycles. The lowest BCUT2D eigenvalue weighted by Gasteiger charge is -2.26. The monoisotopic (exact) mass is 408 g/mol. The summed E-state index contributed by atoms with van der Waals surface area (Å²) in [7, 11) is 6.23. The summed E-state index contributed by atoms with van der Waals surface area (Å²) in [6.07, 6.45) is 0.977. The lowest BCUT2D eigenvalue weighted by molar-refractivity contribution is 0.0920. The molecule has 1 aromatic carbocycles. The quantitative estimate of drug-likeness (QED) is 0.540. The molecule has 0 bridgehead atoms. The molecule has 2 radical (unpaired) electrons. The number of carbonyl (C=O) groups excluding carboxylic acids is 1. The number of aliphatic hydroxyl groups excluding tert-OH is 1. The van der Waals surface area contributed by atoms with E-state index in [1.807, 2.05) is 6.07 Å². The van der Waals surface area contributed by atoms with Gasteiger partial charge in [0, 0.05) is 17.2 Å². The molecule has 0 fully saturated rings. The summed E-state index contributed by atoms with van der Waals surface area (Å²) in [5.74, 6) is -0.468. The van der Waals surface area contributed by atoms with E-state index in [2.05, 4.69) is 20.6 Å². The third kappa shape index (κ3) is 4.85. The Bertz CT molecular complexity index is 1080. The minimum atomic E-state index is -1.10. The Morgan fingerprint density at radius 2 is 2.24 bits per heavy atom. The normalized spacial score (nSPS) is 14.0. The first-order chi connectivity index (χ1) is 13.7. The summed E-state index contributed by atoms with van der Waals surface area (Å²) in [6, 6.07) is 10.3. The van der Waals surface area contributed by atoms with Gasteiger partial charge in [-0.3, -0.25) is 14.6 Å². The van der Waals surface area contributed by atoms with Crippen molar-refractivity contribution in [2.45, 2.75) is 31.9 Å². The molecular weight excluding hydrogens is 391 g/mol. The average molecular weight is 409 g/mol. The summed E-state index contributed by atoms with van der Waals surface area (Å²) in [6.45, 7) is 3.43. The molecule has 3 rings (SSSR count). The third-order valence-corrected chi connectivity index (χ3v) is 4.51. The Kier molecular flexibility index (Phi) is 5.77. The standard InChI is InChI=1S/C19H18BClN6O2/c1-11(28)16-8-17(25-24-16)18(29)23-19(2,20)10-27-6-5-15(26-27)12-3-4-13(9-22)14(21)7-12/h3-8,11,28H,10H2,1-2H3,(H,23,29)(H,24,25). The van der Waals surface area contributed by atoms with Crippen molar-refractivity contribution in [3.05, 3.63) is 58.5 Å². The van der Waals surface area contributed by atoms with Gasteiger partial charge in [-0.05, 0) is 38.1 Å². The summed E-state index contributed by atoms with van der Waals surface area (Å²) >= 11 is 6.08. The third-order valence-electron chi connectivity index (χ3n) is 4.20. The molecule has 1 amide bonds. The summed E-state index contributed by atoms with van der Waals surface area (Å²) in [5.41, 5.74) is 1.28. The lowest BCUT2D eigenvalue weighted by atomic mass is 9.79. The number of hydrogen-bond donors (Lipinski definition) is 3. The average Bonchev–Trinajstić information content (AvgIpc) is 3.30. The number of halogens is 1. The van der Waals surface area contributed by atoms with Crippen LogP contribution in [0.3, 0.4) is 0 Å². The Morgan fingerprint density at radius 1 is 1.48 bits per heavy atom. The number of nitrogens with zero attached hydrogens (tertiary/aromatic N) is 4. The van der Waals surface area contributed by atoms with Crippen LogP contribution in [0.1, 0.15) is 41.7 Å². The van der Waals surface area contributed by atoms with Crippen molar-refractivity contribution in [1.82, 2.24) is 25.3 Å². The number of nitrogens with one attached hydrogen (secondary N) is 2. The number of H-pyrrole nitrogens is 1. The van der Waals surface area contributed by atoms with Gasteiger partial charge in [-0.25, -0.2) is 0 Å². The van der Waals surface area contributed by atoms with E-state index in [9.17, 15) is 9.90 Å². The predicted octanol–water partition coefficient (Wildman–Crippen LogP) is 2.17. The molecule has 2 heterocycles. The van der Waals surface area contributed by atoms with E-state index in [1.165, 1.54) is 6.07 Å². The molecule has 2 atom stereocenters. The molecule has 0 aliphatic rings. The number of hydrogen-bond acceptors (Lipinski definition) is 5. The van der Waals surface area contributed by atoms with Gasteiger partial charge >= 0.3 is 0 Å². The van der Waals surface area contributed by atoms with Gasteiger partial charge in [-0.1, -0.05) is 17.7 Å². The number of aromatic nitrogens is 4. The van der Waals surface area contributed by atoms with Crippen molar-refractivity contribution in [1.29, 1.82) is 5.26 Å². The molecule has 2 unspecified atom stereocenters. The van der Waals surface area contributed by atoms with E-state index in [1.54, 1.807) is 49.0 Å². The molecule has 10 heteroatoms. The van der Waals surface area contributed by atoms with Gasteiger partial charge in [0.1, 0.15) is 19.6 Å². The number of nitriles is 1. The molecule has 29 heavy (non-hydrogen) atoms. The van der Waals surface area contributed by atoms with Crippen LogP contribution in [0.4, 0.5) is 0 Å². The van der Waals surface area contributed by atoms with Crippen LogP contribution in [0.2, 0.25) is 5.02 Å². The number of aromatic amines is 1. The minimum Gasteiger partial charge on any atom is -0.387 e. The summed E-state index contributed by atoms with van der Waals surface area (Å²) in [4.78, 5) is 12.4. The maximum Gasteiger partial charge on any atom is 0.271 e. The predicted molar refractivity (Wildman–Crippen MR) is 108 cm³/mol. The zero-order valence-corrected chi connectivity index (χ0v) is 16.6. The van der Waals surface area contributed by atoms with E-state index in [0.717, 1.165) is 5.56 Å². The number of amides is 1. The van der Waals surface area contributed by atoms with Crippen LogP contribution in [0.5, 0.6) is 0 Å². The molecule has 0 aliphatic carbocycles. The smallest absolute Gasteiger partial charge is 0.271 e. The molecular formula is C19H18BClN6O2. The van der Waals surface area contributed by atoms with E-state index < -0.39 is 17.4 Å². The van der Waals surface area contributed by atoms with Crippen LogP contribution in [0.25, 0.3) is 11.3 Å². The first-order valence-corrected chi connectivity index (χ1v) is 9.14. The fraction of sp³-hybridized carbons (Fsp3) is 0.263. The Labute approximate surface area is 173 Å². The van der Waals surface area contributed by atoms with Crippen LogP contribution < -0.4 is 5.32 Å². The molecule has 0 saturated heterocycles.